The summed E-state index contributed by atoms with van der Waals surface area (Å²) in [5.41, 5.74) is 5.97. The van der Waals surface area contributed by atoms with Gasteiger partial charge in [-0.1, -0.05) is 54.4 Å². The highest BCUT2D eigenvalue weighted by Crippen LogP contribution is 2.11. The standard InChI is InChI=1S/C21H40N4O5/c1-8-12(5)16(22)19(27)25-17(13(6)9-2)20(28)23-14(7)18(26)24-15(21(29)30)10-11(3)4/h11-17H,8-10,22H2,1-7H3,(H,23,28)(H,24,26)(H,25,27)(H,29,30). The summed E-state index contributed by atoms with van der Waals surface area (Å²) in [6.45, 7) is 12.7. The van der Waals surface area contributed by atoms with Gasteiger partial charge in [0.15, 0.2) is 0 Å². The summed E-state index contributed by atoms with van der Waals surface area (Å²) in [5.74, 6) is -2.78. The highest BCUT2D eigenvalue weighted by atomic mass is 16.4. The minimum Gasteiger partial charge on any atom is -0.480 e. The van der Waals surface area contributed by atoms with E-state index in [2.05, 4.69) is 16.0 Å². The third kappa shape index (κ3) is 9.11. The Hall–Kier alpha value is -2.16. The second kappa shape index (κ2) is 13.2. The molecule has 0 aliphatic rings. The lowest BCUT2D eigenvalue weighted by atomic mass is 9.95. The molecule has 0 rings (SSSR count). The number of hydrogen-bond donors (Lipinski definition) is 5. The van der Waals surface area contributed by atoms with Crippen molar-refractivity contribution in [3.05, 3.63) is 0 Å². The third-order valence-corrected chi connectivity index (χ3v) is 5.43. The van der Waals surface area contributed by atoms with E-state index in [1.165, 1.54) is 6.92 Å². The Kier molecular flexibility index (Phi) is 12.3. The molecule has 9 heteroatoms. The van der Waals surface area contributed by atoms with Crippen LogP contribution >= 0.6 is 0 Å². The van der Waals surface area contributed by atoms with Crippen LogP contribution in [-0.2, 0) is 19.2 Å². The van der Waals surface area contributed by atoms with Gasteiger partial charge < -0.3 is 26.8 Å². The number of carboxylic acids is 1. The maximum absolute atomic E-state index is 12.8. The smallest absolute Gasteiger partial charge is 0.326 e. The molecule has 6 unspecified atom stereocenters. The first kappa shape index (κ1) is 27.8. The molecule has 0 fully saturated rings. The minimum absolute atomic E-state index is 0.0377. The lowest BCUT2D eigenvalue weighted by Crippen LogP contribution is -2.58. The van der Waals surface area contributed by atoms with E-state index in [9.17, 15) is 24.3 Å². The SMILES string of the molecule is CCC(C)C(N)C(=O)NC(C(=O)NC(C)C(=O)NC(CC(C)C)C(=O)O)C(C)CC. The molecule has 0 aliphatic carbocycles. The monoisotopic (exact) mass is 428 g/mol. The minimum atomic E-state index is -1.13. The van der Waals surface area contributed by atoms with Gasteiger partial charge in [-0.3, -0.25) is 14.4 Å². The van der Waals surface area contributed by atoms with Gasteiger partial charge in [0.2, 0.25) is 17.7 Å². The van der Waals surface area contributed by atoms with Crippen LogP contribution in [0.3, 0.4) is 0 Å². The fraction of sp³-hybridized carbons (Fsp3) is 0.810. The van der Waals surface area contributed by atoms with Gasteiger partial charge in [-0.05, 0) is 31.1 Å². The molecule has 0 heterocycles. The molecule has 0 aliphatic heterocycles. The predicted octanol–water partition coefficient (Wildman–Crippen LogP) is 1.01. The van der Waals surface area contributed by atoms with Gasteiger partial charge in [-0.2, -0.15) is 0 Å². The number of carboxylic acid groups (broad SMARTS) is 1. The van der Waals surface area contributed by atoms with Crippen molar-refractivity contribution in [2.24, 2.45) is 23.5 Å². The molecule has 0 bridgehead atoms. The van der Waals surface area contributed by atoms with Gasteiger partial charge >= 0.3 is 5.97 Å². The maximum Gasteiger partial charge on any atom is 0.326 e. The summed E-state index contributed by atoms with van der Waals surface area (Å²) in [6.07, 6.45) is 1.64. The lowest BCUT2D eigenvalue weighted by Gasteiger charge is -2.28. The molecule has 0 spiro atoms. The fourth-order valence-corrected chi connectivity index (χ4v) is 2.82. The van der Waals surface area contributed by atoms with Crippen LogP contribution in [0.1, 0.15) is 67.7 Å². The second-order valence-electron chi connectivity index (χ2n) is 8.54. The van der Waals surface area contributed by atoms with Crippen molar-refractivity contribution in [3.63, 3.8) is 0 Å². The van der Waals surface area contributed by atoms with E-state index < -0.39 is 47.9 Å². The predicted molar refractivity (Wildman–Crippen MR) is 115 cm³/mol. The number of hydrogen-bond acceptors (Lipinski definition) is 5. The molecule has 6 N–H and O–H groups in total. The summed E-state index contributed by atoms with van der Waals surface area (Å²) >= 11 is 0. The number of aliphatic carboxylic acids is 1. The number of nitrogens with two attached hydrogens (primary N) is 1. The summed E-state index contributed by atoms with van der Waals surface area (Å²) < 4.78 is 0. The highest BCUT2D eigenvalue weighted by molar-refractivity contribution is 5.94. The molecule has 174 valence electrons. The molecule has 0 saturated heterocycles. The van der Waals surface area contributed by atoms with E-state index in [1.807, 2.05) is 41.5 Å². The zero-order valence-electron chi connectivity index (χ0n) is 19.3. The van der Waals surface area contributed by atoms with Crippen LogP contribution in [0.2, 0.25) is 0 Å². The summed E-state index contributed by atoms with van der Waals surface area (Å²) in [7, 11) is 0. The van der Waals surface area contributed by atoms with Crippen LogP contribution in [0.4, 0.5) is 0 Å². The van der Waals surface area contributed by atoms with Gasteiger partial charge in [0.05, 0.1) is 6.04 Å². The Morgan fingerprint density at radius 2 is 1.33 bits per heavy atom. The summed E-state index contributed by atoms with van der Waals surface area (Å²) in [6, 6.07) is -3.57. The van der Waals surface area contributed by atoms with E-state index in [0.29, 0.717) is 6.42 Å². The number of carbonyl (C=O) groups excluding carboxylic acids is 3. The quantitative estimate of drug-likeness (QED) is 0.295. The average Bonchev–Trinajstić information content (AvgIpc) is 2.68. The van der Waals surface area contributed by atoms with Crippen LogP contribution in [0.25, 0.3) is 0 Å². The Morgan fingerprint density at radius 1 is 0.800 bits per heavy atom. The van der Waals surface area contributed by atoms with Crippen LogP contribution in [-0.4, -0.2) is 53.0 Å². The molecule has 30 heavy (non-hydrogen) atoms. The topological polar surface area (TPSA) is 151 Å². The van der Waals surface area contributed by atoms with E-state index in [0.717, 1.165) is 6.42 Å². The van der Waals surface area contributed by atoms with E-state index in [1.54, 1.807) is 0 Å². The van der Waals surface area contributed by atoms with Gasteiger partial charge in [0, 0.05) is 0 Å². The van der Waals surface area contributed by atoms with Crippen molar-refractivity contribution in [2.45, 2.75) is 91.9 Å². The van der Waals surface area contributed by atoms with E-state index in [4.69, 9.17) is 5.73 Å². The molecular weight excluding hydrogens is 388 g/mol. The first-order valence-corrected chi connectivity index (χ1v) is 10.7. The van der Waals surface area contributed by atoms with Gasteiger partial charge in [-0.25, -0.2) is 4.79 Å². The first-order valence-electron chi connectivity index (χ1n) is 10.7. The largest absolute Gasteiger partial charge is 0.480 e. The van der Waals surface area contributed by atoms with Crippen molar-refractivity contribution in [2.75, 3.05) is 0 Å². The molecule has 0 radical (unpaired) electrons. The van der Waals surface area contributed by atoms with Crippen molar-refractivity contribution >= 4 is 23.7 Å². The zero-order chi connectivity index (χ0) is 23.6. The third-order valence-electron chi connectivity index (χ3n) is 5.43. The maximum atomic E-state index is 12.8. The Balaban J connectivity index is 5.15. The molecular formula is C21H40N4O5. The fourth-order valence-electron chi connectivity index (χ4n) is 2.82. The van der Waals surface area contributed by atoms with Crippen molar-refractivity contribution in [3.8, 4) is 0 Å². The molecule has 3 amide bonds. The Bertz CT molecular complexity index is 596. The lowest BCUT2D eigenvalue weighted by molar-refractivity contribution is -0.142. The van der Waals surface area contributed by atoms with Crippen molar-refractivity contribution in [1.29, 1.82) is 0 Å². The van der Waals surface area contributed by atoms with Crippen molar-refractivity contribution < 1.29 is 24.3 Å². The molecule has 6 atom stereocenters. The second-order valence-corrected chi connectivity index (χ2v) is 8.54. The zero-order valence-corrected chi connectivity index (χ0v) is 19.3. The molecule has 0 aromatic heterocycles. The number of carbonyl (C=O) groups is 4. The number of nitrogens with one attached hydrogen (secondary N) is 3. The molecule has 0 aromatic rings. The van der Waals surface area contributed by atoms with Crippen LogP contribution in [0.15, 0.2) is 0 Å². The summed E-state index contributed by atoms with van der Waals surface area (Å²) in [5, 5.41) is 17.0. The van der Waals surface area contributed by atoms with Gasteiger partial charge in [0.25, 0.3) is 0 Å². The number of rotatable bonds is 13. The summed E-state index contributed by atoms with van der Waals surface area (Å²) in [4.78, 5) is 49.0. The van der Waals surface area contributed by atoms with E-state index >= 15 is 0 Å². The Labute approximate surface area is 179 Å². The van der Waals surface area contributed by atoms with Gasteiger partial charge in [0.1, 0.15) is 18.1 Å². The molecule has 0 aromatic carbocycles. The van der Waals surface area contributed by atoms with Crippen LogP contribution in [0.5, 0.6) is 0 Å². The molecule has 0 saturated carbocycles. The van der Waals surface area contributed by atoms with E-state index in [-0.39, 0.29) is 24.2 Å². The first-order chi connectivity index (χ1) is 13.8. The van der Waals surface area contributed by atoms with Crippen LogP contribution in [0, 0.1) is 17.8 Å². The highest BCUT2D eigenvalue weighted by Gasteiger charge is 2.31. The van der Waals surface area contributed by atoms with Crippen LogP contribution < -0.4 is 21.7 Å². The Morgan fingerprint density at radius 3 is 1.77 bits per heavy atom. The molecule has 9 nitrogen and oxygen atoms in total. The normalized spacial score (nSPS) is 17.2. The van der Waals surface area contributed by atoms with Gasteiger partial charge in [-0.15, -0.1) is 0 Å². The average molecular weight is 429 g/mol. The number of amides is 3. The van der Waals surface area contributed by atoms with Crippen molar-refractivity contribution in [1.82, 2.24) is 16.0 Å².